The average molecular weight is 240 g/mol. The second-order valence-corrected chi connectivity index (χ2v) is 4.11. The first kappa shape index (κ1) is 17.1. The van der Waals surface area contributed by atoms with Gasteiger partial charge in [0.25, 0.3) is 0 Å². The van der Waals surface area contributed by atoms with Crippen LogP contribution in [-0.2, 0) is 14.3 Å². The SMILES string of the molecule is COCCCNCC(=O)OC(C)(C)C.Cl. The van der Waals surface area contributed by atoms with E-state index in [4.69, 9.17) is 9.47 Å². The fraction of sp³-hybridized carbons (Fsp3) is 0.900. The first-order chi connectivity index (χ1) is 6.45. The molecule has 0 aromatic heterocycles. The number of ether oxygens (including phenoxy) is 2. The van der Waals surface area contributed by atoms with Gasteiger partial charge >= 0.3 is 5.97 Å². The highest BCUT2D eigenvalue weighted by Crippen LogP contribution is 2.05. The van der Waals surface area contributed by atoms with Crippen LogP contribution in [0, 0.1) is 0 Å². The second kappa shape index (κ2) is 8.95. The maximum Gasteiger partial charge on any atom is 0.320 e. The Hall–Kier alpha value is -0.320. The summed E-state index contributed by atoms with van der Waals surface area (Å²) in [5.41, 5.74) is -0.398. The van der Waals surface area contributed by atoms with Gasteiger partial charge in [-0.1, -0.05) is 0 Å². The van der Waals surface area contributed by atoms with E-state index in [0.717, 1.165) is 13.0 Å². The summed E-state index contributed by atoms with van der Waals surface area (Å²) in [5, 5.41) is 2.99. The normalized spacial score (nSPS) is 10.7. The molecule has 0 atom stereocenters. The maximum absolute atomic E-state index is 11.2. The number of nitrogens with one attached hydrogen (secondary N) is 1. The van der Waals surface area contributed by atoms with Crippen molar-refractivity contribution in [3.63, 3.8) is 0 Å². The van der Waals surface area contributed by atoms with Gasteiger partial charge in [-0.25, -0.2) is 0 Å². The Morgan fingerprint density at radius 3 is 2.40 bits per heavy atom. The van der Waals surface area contributed by atoms with Crippen LogP contribution in [0.2, 0.25) is 0 Å². The van der Waals surface area contributed by atoms with E-state index in [0.29, 0.717) is 6.61 Å². The van der Waals surface area contributed by atoms with Crippen molar-refractivity contribution in [2.24, 2.45) is 0 Å². The summed E-state index contributed by atoms with van der Waals surface area (Å²) in [7, 11) is 1.66. The summed E-state index contributed by atoms with van der Waals surface area (Å²) in [6.07, 6.45) is 0.902. The number of rotatable bonds is 6. The number of carbonyl (C=O) groups excluding carboxylic acids is 1. The predicted molar refractivity (Wildman–Crippen MR) is 62.5 cm³/mol. The summed E-state index contributed by atoms with van der Waals surface area (Å²) in [6, 6.07) is 0. The lowest BCUT2D eigenvalue weighted by Gasteiger charge is -2.19. The molecule has 0 heterocycles. The van der Waals surface area contributed by atoms with Gasteiger partial charge in [0.2, 0.25) is 0 Å². The minimum absolute atomic E-state index is 0. The molecule has 0 aromatic carbocycles. The molecule has 15 heavy (non-hydrogen) atoms. The molecule has 0 aliphatic rings. The molecule has 0 rings (SSSR count). The summed E-state index contributed by atoms with van der Waals surface area (Å²) >= 11 is 0. The van der Waals surface area contributed by atoms with Crippen molar-refractivity contribution in [2.75, 3.05) is 26.8 Å². The van der Waals surface area contributed by atoms with Gasteiger partial charge in [0.1, 0.15) is 5.60 Å². The predicted octanol–water partition coefficient (Wildman–Crippen LogP) is 1.38. The molecule has 0 radical (unpaired) electrons. The molecule has 0 fully saturated rings. The molecule has 4 nitrogen and oxygen atoms in total. The van der Waals surface area contributed by atoms with Crippen LogP contribution < -0.4 is 5.32 Å². The summed E-state index contributed by atoms with van der Waals surface area (Å²) in [5.74, 6) is -0.213. The van der Waals surface area contributed by atoms with Gasteiger partial charge in [0.05, 0.1) is 6.54 Å². The van der Waals surface area contributed by atoms with Gasteiger partial charge in [0.15, 0.2) is 0 Å². The number of hydrogen-bond donors (Lipinski definition) is 1. The van der Waals surface area contributed by atoms with Gasteiger partial charge in [-0.2, -0.15) is 0 Å². The quantitative estimate of drug-likeness (QED) is 0.562. The molecular formula is C10H22ClNO3. The van der Waals surface area contributed by atoms with Crippen LogP contribution in [0.1, 0.15) is 27.2 Å². The Labute approximate surface area is 98.1 Å². The lowest BCUT2D eigenvalue weighted by atomic mass is 10.2. The van der Waals surface area contributed by atoms with Crippen molar-refractivity contribution in [1.29, 1.82) is 0 Å². The smallest absolute Gasteiger partial charge is 0.320 e. The fourth-order valence-electron chi connectivity index (χ4n) is 0.910. The van der Waals surface area contributed by atoms with Gasteiger partial charge in [0, 0.05) is 13.7 Å². The standard InChI is InChI=1S/C10H21NO3.ClH/c1-10(2,3)14-9(12)8-11-6-5-7-13-4;/h11H,5-8H2,1-4H3;1H. The van der Waals surface area contributed by atoms with Gasteiger partial charge in [-0.3, -0.25) is 4.79 Å². The lowest BCUT2D eigenvalue weighted by Crippen LogP contribution is -2.32. The zero-order chi connectivity index (χ0) is 11.0. The first-order valence-corrected chi connectivity index (χ1v) is 4.87. The molecule has 1 N–H and O–H groups in total. The third kappa shape index (κ3) is 13.7. The molecule has 0 aromatic rings. The van der Waals surface area contributed by atoms with E-state index in [1.165, 1.54) is 0 Å². The topological polar surface area (TPSA) is 47.6 Å². The van der Waals surface area contributed by atoms with Gasteiger partial charge in [-0.05, 0) is 33.7 Å². The van der Waals surface area contributed by atoms with E-state index in [2.05, 4.69) is 5.32 Å². The number of esters is 1. The Bertz CT molecular complexity index is 169. The Balaban J connectivity index is 0. The monoisotopic (exact) mass is 239 g/mol. The number of halogens is 1. The molecule has 5 heteroatoms. The van der Waals surface area contributed by atoms with Crippen molar-refractivity contribution in [3.05, 3.63) is 0 Å². The Morgan fingerprint density at radius 1 is 1.33 bits per heavy atom. The minimum atomic E-state index is -0.398. The summed E-state index contributed by atoms with van der Waals surface area (Å²) < 4.78 is 9.98. The largest absolute Gasteiger partial charge is 0.459 e. The molecule has 0 spiro atoms. The average Bonchev–Trinajstić information content (AvgIpc) is 2.00. The third-order valence-electron chi connectivity index (χ3n) is 1.39. The second-order valence-electron chi connectivity index (χ2n) is 4.11. The highest BCUT2D eigenvalue weighted by Gasteiger charge is 2.15. The molecule has 0 saturated heterocycles. The van der Waals surface area contributed by atoms with Crippen LogP contribution >= 0.6 is 12.4 Å². The van der Waals surface area contributed by atoms with Gasteiger partial charge < -0.3 is 14.8 Å². The molecular weight excluding hydrogens is 218 g/mol. The van der Waals surface area contributed by atoms with Crippen molar-refractivity contribution >= 4 is 18.4 Å². The van der Waals surface area contributed by atoms with E-state index >= 15 is 0 Å². The molecule has 0 unspecified atom stereocenters. The maximum atomic E-state index is 11.2. The van der Waals surface area contributed by atoms with Crippen LogP contribution in [0.4, 0.5) is 0 Å². The van der Waals surface area contributed by atoms with Crippen molar-refractivity contribution < 1.29 is 14.3 Å². The molecule has 0 aliphatic heterocycles. The zero-order valence-electron chi connectivity index (χ0n) is 9.96. The highest BCUT2D eigenvalue weighted by molar-refractivity contribution is 5.85. The number of hydrogen-bond acceptors (Lipinski definition) is 4. The molecule has 0 saturated carbocycles. The third-order valence-corrected chi connectivity index (χ3v) is 1.39. The highest BCUT2D eigenvalue weighted by atomic mass is 35.5. The van der Waals surface area contributed by atoms with Crippen LogP contribution in [0.5, 0.6) is 0 Å². The number of methoxy groups -OCH3 is 1. The Kier molecular flexibility index (Phi) is 10.2. The molecule has 0 aliphatic carbocycles. The van der Waals surface area contributed by atoms with Gasteiger partial charge in [-0.15, -0.1) is 12.4 Å². The van der Waals surface area contributed by atoms with Crippen LogP contribution in [0.25, 0.3) is 0 Å². The molecule has 92 valence electrons. The van der Waals surface area contributed by atoms with E-state index in [1.807, 2.05) is 20.8 Å². The van der Waals surface area contributed by atoms with E-state index in [1.54, 1.807) is 7.11 Å². The summed E-state index contributed by atoms with van der Waals surface area (Å²) in [6.45, 7) is 7.32. The van der Waals surface area contributed by atoms with E-state index in [-0.39, 0.29) is 24.9 Å². The molecule has 0 bridgehead atoms. The fourth-order valence-corrected chi connectivity index (χ4v) is 0.910. The van der Waals surface area contributed by atoms with Crippen LogP contribution in [0.15, 0.2) is 0 Å². The van der Waals surface area contributed by atoms with Crippen LogP contribution in [-0.4, -0.2) is 38.4 Å². The molecule has 0 amide bonds. The Morgan fingerprint density at radius 2 is 1.93 bits per heavy atom. The van der Waals surface area contributed by atoms with E-state index < -0.39 is 5.60 Å². The lowest BCUT2D eigenvalue weighted by molar-refractivity contribution is -0.153. The minimum Gasteiger partial charge on any atom is -0.459 e. The van der Waals surface area contributed by atoms with Crippen LogP contribution in [0.3, 0.4) is 0 Å². The number of carbonyl (C=O) groups is 1. The van der Waals surface area contributed by atoms with E-state index in [9.17, 15) is 4.79 Å². The zero-order valence-corrected chi connectivity index (χ0v) is 10.8. The first-order valence-electron chi connectivity index (χ1n) is 4.87. The summed E-state index contributed by atoms with van der Waals surface area (Å²) in [4.78, 5) is 11.2. The van der Waals surface area contributed by atoms with Crippen molar-refractivity contribution in [1.82, 2.24) is 5.32 Å². The van der Waals surface area contributed by atoms with Crippen molar-refractivity contribution in [2.45, 2.75) is 32.8 Å². The van der Waals surface area contributed by atoms with Crippen molar-refractivity contribution in [3.8, 4) is 0 Å².